The van der Waals surface area contributed by atoms with Gasteiger partial charge in [0.15, 0.2) is 0 Å². The number of carbonyl (C=O) groups excluding carboxylic acids is 1. The number of β-amino-alcohol motifs (C(OH)–C–C–N with tert-alkyl or cyclic N) is 1. The van der Waals surface area contributed by atoms with Gasteiger partial charge in [0.05, 0.1) is 24.5 Å². The van der Waals surface area contributed by atoms with Gasteiger partial charge >= 0.3 is 0 Å². The second-order valence-corrected chi connectivity index (χ2v) is 5.65. The molecule has 22 heavy (non-hydrogen) atoms. The molecule has 0 bridgehead atoms. The van der Waals surface area contributed by atoms with Crippen LogP contribution in [-0.2, 0) is 4.79 Å². The van der Waals surface area contributed by atoms with Crippen molar-refractivity contribution in [2.24, 2.45) is 0 Å². The Bertz CT molecular complexity index is 641. The molecule has 3 N–H and O–H groups in total. The number of carbonyl (C=O) groups is 1. The van der Waals surface area contributed by atoms with E-state index in [1.165, 1.54) is 0 Å². The number of aromatic nitrogens is 2. The molecule has 0 spiro atoms. The van der Waals surface area contributed by atoms with Crippen molar-refractivity contribution >= 4 is 5.91 Å². The lowest BCUT2D eigenvalue weighted by molar-refractivity contribution is -0.123. The summed E-state index contributed by atoms with van der Waals surface area (Å²) in [5.74, 6) is -0.0721. The van der Waals surface area contributed by atoms with Crippen molar-refractivity contribution in [2.45, 2.75) is 31.5 Å². The normalized spacial score (nSPS) is 22.5. The van der Waals surface area contributed by atoms with Crippen molar-refractivity contribution in [1.82, 2.24) is 20.2 Å². The van der Waals surface area contributed by atoms with Crippen molar-refractivity contribution in [1.29, 1.82) is 0 Å². The molecule has 1 aliphatic rings. The number of hydrogen-bond donors (Lipinski definition) is 3. The Kier molecular flexibility index (Phi) is 4.22. The van der Waals surface area contributed by atoms with Crippen molar-refractivity contribution < 1.29 is 9.90 Å². The number of amides is 1. The summed E-state index contributed by atoms with van der Waals surface area (Å²) < 4.78 is 1.92. The summed E-state index contributed by atoms with van der Waals surface area (Å²) in [5.41, 5.74) is 2.03. The van der Waals surface area contributed by atoms with Crippen LogP contribution in [0, 0.1) is 0 Å². The fourth-order valence-corrected chi connectivity index (χ4v) is 2.68. The van der Waals surface area contributed by atoms with Gasteiger partial charge < -0.3 is 20.3 Å². The third-order valence-corrected chi connectivity index (χ3v) is 3.96. The molecule has 6 heteroatoms. The van der Waals surface area contributed by atoms with Crippen LogP contribution in [0.25, 0.3) is 5.69 Å². The average molecular weight is 300 g/mol. The zero-order chi connectivity index (χ0) is 15.5. The van der Waals surface area contributed by atoms with E-state index < -0.39 is 6.10 Å². The summed E-state index contributed by atoms with van der Waals surface area (Å²) in [7, 11) is 0. The number of aliphatic hydroxyl groups is 1. The molecule has 0 radical (unpaired) electrons. The van der Waals surface area contributed by atoms with Gasteiger partial charge in [-0.25, -0.2) is 4.98 Å². The number of nitrogens with one attached hydrogen (secondary N) is 2. The van der Waals surface area contributed by atoms with Crippen molar-refractivity contribution in [3.63, 3.8) is 0 Å². The lowest BCUT2D eigenvalue weighted by Gasteiger charge is -2.18. The number of nitrogens with zero attached hydrogens (tertiary/aromatic N) is 2. The molecule has 116 valence electrons. The van der Waals surface area contributed by atoms with Crippen LogP contribution in [0.4, 0.5) is 0 Å². The van der Waals surface area contributed by atoms with Gasteiger partial charge in [-0.3, -0.25) is 4.79 Å². The molecule has 3 rings (SSSR count). The average Bonchev–Trinajstić information content (AvgIpc) is 3.18. The Balaban J connectivity index is 1.68. The van der Waals surface area contributed by atoms with E-state index in [1.807, 2.05) is 42.0 Å². The van der Waals surface area contributed by atoms with Gasteiger partial charge in [-0.15, -0.1) is 0 Å². The second kappa shape index (κ2) is 6.29. The highest BCUT2D eigenvalue weighted by atomic mass is 16.3. The molecule has 0 aliphatic carbocycles. The number of benzene rings is 1. The molecule has 6 nitrogen and oxygen atoms in total. The minimum atomic E-state index is -0.435. The molecule has 1 aromatic carbocycles. The number of rotatable bonds is 4. The van der Waals surface area contributed by atoms with E-state index in [2.05, 4.69) is 15.6 Å². The number of aliphatic hydroxyl groups excluding tert-OH is 1. The first kappa shape index (κ1) is 14.7. The van der Waals surface area contributed by atoms with Crippen LogP contribution in [0.3, 0.4) is 0 Å². The fourth-order valence-electron chi connectivity index (χ4n) is 2.68. The topological polar surface area (TPSA) is 79.2 Å². The van der Waals surface area contributed by atoms with Crippen molar-refractivity contribution in [3.05, 3.63) is 48.5 Å². The van der Waals surface area contributed by atoms with Gasteiger partial charge in [-0.05, 0) is 31.0 Å². The Morgan fingerprint density at radius 1 is 1.55 bits per heavy atom. The fraction of sp³-hybridized carbons (Fsp3) is 0.375. The number of imidazole rings is 1. The van der Waals surface area contributed by atoms with E-state index in [-0.39, 0.29) is 18.0 Å². The van der Waals surface area contributed by atoms with E-state index in [0.717, 1.165) is 11.3 Å². The van der Waals surface area contributed by atoms with Crippen LogP contribution in [-0.4, -0.2) is 39.3 Å². The monoisotopic (exact) mass is 300 g/mol. The number of hydrogen-bond acceptors (Lipinski definition) is 4. The lowest BCUT2D eigenvalue weighted by atomic mass is 10.1. The van der Waals surface area contributed by atoms with Crippen molar-refractivity contribution in [3.8, 4) is 5.69 Å². The molecule has 2 aromatic rings. The van der Waals surface area contributed by atoms with E-state index in [1.54, 1.807) is 12.5 Å². The van der Waals surface area contributed by atoms with E-state index >= 15 is 0 Å². The highest BCUT2D eigenvalue weighted by Crippen LogP contribution is 2.17. The summed E-state index contributed by atoms with van der Waals surface area (Å²) in [6, 6.07) is 7.57. The molecule has 1 saturated heterocycles. The van der Waals surface area contributed by atoms with Gasteiger partial charge in [0.1, 0.15) is 0 Å². The van der Waals surface area contributed by atoms with E-state index in [0.29, 0.717) is 13.0 Å². The van der Waals surface area contributed by atoms with Crippen LogP contribution in [0.2, 0.25) is 0 Å². The molecule has 3 unspecified atom stereocenters. The summed E-state index contributed by atoms with van der Waals surface area (Å²) in [6.45, 7) is 2.43. The Hall–Kier alpha value is -2.18. The zero-order valence-electron chi connectivity index (χ0n) is 12.4. The van der Waals surface area contributed by atoms with Crippen LogP contribution in [0.5, 0.6) is 0 Å². The van der Waals surface area contributed by atoms with Gasteiger partial charge in [-0.2, -0.15) is 0 Å². The first-order valence-electron chi connectivity index (χ1n) is 7.43. The van der Waals surface area contributed by atoms with Gasteiger partial charge in [-0.1, -0.05) is 12.1 Å². The predicted molar refractivity (Wildman–Crippen MR) is 82.5 cm³/mol. The summed E-state index contributed by atoms with van der Waals surface area (Å²) in [5, 5.41) is 15.5. The summed E-state index contributed by atoms with van der Waals surface area (Å²) >= 11 is 0. The maximum absolute atomic E-state index is 12.2. The minimum Gasteiger partial charge on any atom is -0.392 e. The van der Waals surface area contributed by atoms with Crippen LogP contribution >= 0.6 is 0 Å². The van der Waals surface area contributed by atoms with Gasteiger partial charge in [0, 0.05) is 24.6 Å². The largest absolute Gasteiger partial charge is 0.392 e. The molecule has 3 atom stereocenters. The van der Waals surface area contributed by atoms with Crippen LogP contribution in [0.15, 0.2) is 43.0 Å². The molecule has 1 aromatic heterocycles. The third kappa shape index (κ3) is 3.18. The maximum Gasteiger partial charge on any atom is 0.237 e. The molecule has 1 amide bonds. The second-order valence-electron chi connectivity index (χ2n) is 5.65. The third-order valence-electron chi connectivity index (χ3n) is 3.96. The van der Waals surface area contributed by atoms with Gasteiger partial charge in [0.25, 0.3) is 0 Å². The minimum absolute atomic E-state index is 0.0721. The van der Waals surface area contributed by atoms with Crippen LogP contribution in [0.1, 0.15) is 24.9 Å². The lowest BCUT2D eigenvalue weighted by Crippen LogP contribution is -2.41. The molecule has 2 heterocycles. The van der Waals surface area contributed by atoms with Crippen molar-refractivity contribution in [2.75, 3.05) is 6.54 Å². The zero-order valence-corrected chi connectivity index (χ0v) is 12.4. The maximum atomic E-state index is 12.2. The SMILES string of the molecule is CC(NC(=O)C1CC(O)CN1)c1cccc(-n2ccnc2)c1. The Labute approximate surface area is 129 Å². The first-order chi connectivity index (χ1) is 10.6. The first-order valence-corrected chi connectivity index (χ1v) is 7.43. The van der Waals surface area contributed by atoms with Crippen LogP contribution < -0.4 is 10.6 Å². The van der Waals surface area contributed by atoms with E-state index in [4.69, 9.17) is 0 Å². The summed E-state index contributed by atoms with van der Waals surface area (Å²) in [4.78, 5) is 16.2. The summed E-state index contributed by atoms with van der Waals surface area (Å²) in [6.07, 6.45) is 5.39. The Morgan fingerprint density at radius 2 is 2.41 bits per heavy atom. The molecule has 0 saturated carbocycles. The quantitative estimate of drug-likeness (QED) is 0.779. The molecular formula is C16H20N4O2. The highest BCUT2D eigenvalue weighted by molar-refractivity contribution is 5.82. The van der Waals surface area contributed by atoms with Gasteiger partial charge in [0.2, 0.25) is 5.91 Å². The standard InChI is InChI=1S/C16H20N4O2/c1-11(19-16(22)15-8-14(21)9-18-15)12-3-2-4-13(7-12)20-6-5-17-10-20/h2-7,10-11,14-15,18,21H,8-9H2,1H3,(H,19,22). The van der Waals surface area contributed by atoms with E-state index in [9.17, 15) is 9.90 Å². The smallest absolute Gasteiger partial charge is 0.237 e. The predicted octanol–water partition coefficient (Wildman–Crippen LogP) is 0.772. The Morgan fingerprint density at radius 3 is 3.09 bits per heavy atom. The molecule has 1 aliphatic heterocycles. The molecule has 1 fully saturated rings. The highest BCUT2D eigenvalue weighted by Gasteiger charge is 2.28. The molecular weight excluding hydrogens is 280 g/mol.